The summed E-state index contributed by atoms with van der Waals surface area (Å²) < 4.78 is 28.5. The van der Waals surface area contributed by atoms with E-state index in [1.807, 2.05) is 25.1 Å². The smallest absolute Gasteiger partial charge is 0.262 e. The van der Waals surface area contributed by atoms with Crippen LogP contribution in [0.4, 0.5) is 5.69 Å². The number of nitrogens with two attached hydrogens (primary N) is 1. The summed E-state index contributed by atoms with van der Waals surface area (Å²) in [6.45, 7) is 3.46. The van der Waals surface area contributed by atoms with Crippen molar-refractivity contribution in [3.63, 3.8) is 0 Å². The number of sulfonamides is 1. The van der Waals surface area contributed by atoms with Gasteiger partial charge >= 0.3 is 0 Å². The van der Waals surface area contributed by atoms with Crippen LogP contribution in [-0.2, 0) is 29.5 Å². The van der Waals surface area contributed by atoms with Gasteiger partial charge in [-0.15, -0.1) is 0 Å². The monoisotopic (exact) mass is 306 g/mol. The average Bonchev–Trinajstić information content (AvgIpc) is 2.96. The fourth-order valence-electron chi connectivity index (χ4n) is 2.53. The molecule has 0 unspecified atom stereocenters. The van der Waals surface area contributed by atoms with E-state index in [2.05, 4.69) is 4.98 Å². The largest absolute Gasteiger partial charge is 0.399 e. The number of fused-ring (bicyclic) bond motifs is 1. The minimum Gasteiger partial charge on any atom is -0.399 e. The van der Waals surface area contributed by atoms with E-state index in [1.165, 1.54) is 4.31 Å². The van der Waals surface area contributed by atoms with Crippen LogP contribution >= 0.6 is 0 Å². The number of imidazole rings is 1. The van der Waals surface area contributed by atoms with E-state index in [-0.39, 0.29) is 5.03 Å². The predicted octanol–water partition coefficient (Wildman–Crippen LogP) is 1.23. The Hall–Kier alpha value is -1.86. The van der Waals surface area contributed by atoms with Gasteiger partial charge in [-0.2, -0.15) is 4.31 Å². The first kappa shape index (κ1) is 14.1. The quantitative estimate of drug-likeness (QED) is 0.865. The molecule has 2 aromatic rings. The number of aryl methyl sites for hydroxylation is 1. The van der Waals surface area contributed by atoms with Gasteiger partial charge in [-0.05, 0) is 36.6 Å². The zero-order valence-electron chi connectivity index (χ0n) is 11.9. The first-order chi connectivity index (χ1) is 10.0. The molecule has 1 aromatic heterocycles. The molecule has 0 saturated carbocycles. The Kier molecular flexibility index (Phi) is 3.46. The number of rotatable bonds is 3. The molecule has 21 heavy (non-hydrogen) atoms. The molecule has 1 aliphatic rings. The average molecular weight is 306 g/mol. The van der Waals surface area contributed by atoms with Gasteiger partial charge in [-0.25, -0.2) is 13.4 Å². The Morgan fingerprint density at radius 3 is 2.86 bits per heavy atom. The number of benzene rings is 1. The third-order valence-electron chi connectivity index (χ3n) is 3.79. The maximum atomic E-state index is 12.6. The number of nitrogen functional groups attached to an aromatic ring is 1. The van der Waals surface area contributed by atoms with E-state index < -0.39 is 10.0 Å². The van der Waals surface area contributed by atoms with Crippen molar-refractivity contribution < 1.29 is 8.42 Å². The molecular formula is C14H18N4O2S. The number of hydrogen-bond donors (Lipinski definition) is 1. The Bertz CT molecular complexity index is 767. The Morgan fingerprint density at radius 2 is 2.14 bits per heavy atom. The van der Waals surface area contributed by atoms with Crippen molar-refractivity contribution in [2.24, 2.45) is 0 Å². The molecule has 1 aromatic carbocycles. The summed E-state index contributed by atoms with van der Waals surface area (Å²) >= 11 is 0. The van der Waals surface area contributed by atoms with Crippen molar-refractivity contribution in [3.05, 3.63) is 41.9 Å². The van der Waals surface area contributed by atoms with Crippen LogP contribution in [0.3, 0.4) is 0 Å². The summed E-state index contributed by atoms with van der Waals surface area (Å²) in [5, 5.41) is 0.108. The number of nitrogens with zero attached hydrogens (tertiary/aromatic N) is 3. The second-order valence-electron chi connectivity index (χ2n) is 5.16. The molecule has 0 fully saturated rings. The van der Waals surface area contributed by atoms with Gasteiger partial charge in [0.1, 0.15) is 0 Å². The van der Waals surface area contributed by atoms with Gasteiger partial charge in [-0.1, -0.05) is 6.07 Å². The van der Waals surface area contributed by atoms with Gasteiger partial charge < -0.3 is 10.3 Å². The fourth-order valence-corrected chi connectivity index (χ4v) is 3.89. The van der Waals surface area contributed by atoms with E-state index in [0.29, 0.717) is 31.7 Å². The maximum Gasteiger partial charge on any atom is 0.262 e. The highest BCUT2D eigenvalue weighted by atomic mass is 32.2. The Labute approximate surface area is 124 Å². The molecule has 2 N–H and O–H groups in total. The number of hydrogen-bond acceptors (Lipinski definition) is 4. The summed E-state index contributed by atoms with van der Waals surface area (Å²) in [5.41, 5.74) is 8.57. The lowest BCUT2D eigenvalue weighted by atomic mass is 10.0. The van der Waals surface area contributed by atoms with Gasteiger partial charge in [0.2, 0.25) is 0 Å². The molecular weight excluding hydrogens is 288 g/mol. The van der Waals surface area contributed by atoms with Crippen molar-refractivity contribution in [2.45, 2.75) is 31.5 Å². The lowest BCUT2D eigenvalue weighted by Gasteiger charge is -2.27. The van der Waals surface area contributed by atoms with E-state index >= 15 is 0 Å². The van der Waals surface area contributed by atoms with Crippen LogP contribution in [-0.4, -0.2) is 28.8 Å². The third kappa shape index (κ3) is 2.54. The first-order valence-corrected chi connectivity index (χ1v) is 8.34. The first-order valence-electron chi connectivity index (χ1n) is 6.90. The van der Waals surface area contributed by atoms with Crippen LogP contribution in [0.1, 0.15) is 18.1 Å². The van der Waals surface area contributed by atoms with E-state index in [1.54, 1.807) is 17.1 Å². The highest BCUT2D eigenvalue weighted by molar-refractivity contribution is 7.89. The van der Waals surface area contributed by atoms with Crippen molar-refractivity contribution >= 4 is 15.7 Å². The summed E-state index contributed by atoms with van der Waals surface area (Å²) in [6.07, 6.45) is 3.82. The van der Waals surface area contributed by atoms with Gasteiger partial charge in [0, 0.05) is 31.5 Å². The predicted molar refractivity (Wildman–Crippen MR) is 80.1 cm³/mol. The van der Waals surface area contributed by atoms with Crippen LogP contribution < -0.4 is 5.73 Å². The minimum absolute atomic E-state index is 0.108. The molecule has 0 aliphatic carbocycles. The molecule has 7 heteroatoms. The summed E-state index contributed by atoms with van der Waals surface area (Å²) in [7, 11) is -3.55. The number of aromatic nitrogens is 2. The molecule has 0 radical (unpaired) electrons. The second-order valence-corrected chi connectivity index (χ2v) is 7.04. The molecule has 0 bridgehead atoms. The van der Waals surface area contributed by atoms with Gasteiger partial charge in [0.15, 0.2) is 5.03 Å². The van der Waals surface area contributed by atoms with Crippen molar-refractivity contribution in [2.75, 3.05) is 12.3 Å². The van der Waals surface area contributed by atoms with E-state index in [0.717, 1.165) is 11.1 Å². The molecule has 1 aliphatic heterocycles. The van der Waals surface area contributed by atoms with Gasteiger partial charge in [0.25, 0.3) is 10.0 Å². The van der Waals surface area contributed by atoms with Gasteiger partial charge in [-0.3, -0.25) is 0 Å². The number of anilines is 1. The highest BCUT2D eigenvalue weighted by Gasteiger charge is 2.30. The molecule has 0 spiro atoms. The summed E-state index contributed by atoms with van der Waals surface area (Å²) in [4.78, 5) is 4.02. The molecule has 0 saturated heterocycles. The van der Waals surface area contributed by atoms with Gasteiger partial charge in [0.05, 0.1) is 6.33 Å². The summed E-state index contributed by atoms with van der Waals surface area (Å²) in [6, 6.07) is 5.67. The van der Waals surface area contributed by atoms with E-state index in [9.17, 15) is 8.42 Å². The SMILES string of the molecule is CCn1cnc(S(=O)(=O)N2CCc3ccc(N)cc3C2)c1. The van der Waals surface area contributed by atoms with E-state index in [4.69, 9.17) is 5.73 Å². The highest BCUT2D eigenvalue weighted by Crippen LogP contribution is 2.25. The Morgan fingerprint density at radius 1 is 1.33 bits per heavy atom. The van der Waals surface area contributed by atoms with Crippen LogP contribution in [0, 0.1) is 0 Å². The van der Waals surface area contributed by atoms with Crippen LogP contribution in [0.5, 0.6) is 0 Å². The lowest BCUT2D eigenvalue weighted by molar-refractivity contribution is 0.390. The van der Waals surface area contributed by atoms with Crippen molar-refractivity contribution in [1.82, 2.24) is 13.9 Å². The molecule has 3 rings (SSSR count). The molecule has 6 nitrogen and oxygen atoms in total. The topological polar surface area (TPSA) is 81.2 Å². The lowest BCUT2D eigenvalue weighted by Crippen LogP contribution is -2.36. The molecule has 0 amide bonds. The van der Waals surface area contributed by atoms with Crippen LogP contribution in [0.15, 0.2) is 35.7 Å². The molecule has 2 heterocycles. The van der Waals surface area contributed by atoms with Crippen LogP contribution in [0.2, 0.25) is 0 Å². The van der Waals surface area contributed by atoms with Crippen molar-refractivity contribution in [1.29, 1.82) is 0 Å². The Balaban J connectivity index is 1.91. The third-order valence-corrected chi connectivity index (χ3v) is 5.52. The molecule has 112 valence electrons. The standard InChI is InChI=1S/C14H18N4O2S/c1-2-17-9-14(16-10-17)21(19,20)18-6-5-11-3-4-13(15)7-12(11)8-18/h3-4,7,9-10H,2,5-6,8,15H2,1H3. The van der Waals surface area contributed by atoms with Crippen LogP contribution in [0.25, 0.3) is 0 Å². The van der Waals surface area contributed by atoms with Crippen molar-refractivity contribution in [3.8, 4) is 0 Å². The minimum atomic E-state index is -3.55. The maximum absolute atomic E-state index is 12.6. The fraction of sp³-hybridized carbons (Fsp3) is 0.357. The zero-order chi connectivity index (χ0) is 15.0. The summed E-state index contributed by atoms with van der Waals surface area (Å²) in [5.74, 6) is 0. The second kappa shape index (κ2) is 5.16. The normalized spacial score (nSPS) is 15.9. The molecule has 0 atom stereocenters. The zero-order valence-corrected chi connectivity index (χ0v) is 12.7.